The van der Waals surface area contributed by atoms with Crippen LogP contribution in [0.4, 0.5) is 5.95 Å². The Balaban J connectivity index is 2.16. The van der Waals surface area contributed by atoms with Gasteiger partial charge in [-0.15, -0.1) is 0 Å². The predicted octanol–water partition coefficient (Wildman–Crippen LogP) is 2.56. The standard InChI is InChI=1S/C9H8BrClN6O/c10-6-3-13-9(15-8(6)11)17-4-5(1-7(17)18)2-14-16-12/h3,5H,1-2,4H2. The van der Waals surface area contributed by atoms with E-state index in [2.05, 4.69) is 35.9 Å². The van der Waals surface area contributed by atoms with Crippen LogP contribution in [0.15, 0.2) is 15.8 Å². The first-order valence-electron chi connectivity index (χ1n) is 5.11. The molecule has 1 aromatic heterocycles. The number of nitrogens with zero attached hydrogens (tertiary/aromatic N) is 6. The van der Waals surface area contributed by atoms with Gasteiger partial charge >= 0.3 is 0 Å². The van der Waals surface area contributed by atoms with E-state index in [-0.39, 0.29) is 22.9 Å². The molecule has 1 saturated heterocycles. The summed E-state index contributed by atoms with van der Waals surface area (Å²) in [6.45, 7) is 0.735. The van der Waals surface area contributed by atoms with E-state index >= 15 is 0 Å². The molecule has 0 aliphatic carbocycles. The largest absolute Gasteiger partial charge is 0.280 e. The van der Waals surface area contributed by atoms with Gasteiger partial charge in [-0.05, 0) is 27.4 Å². The number of aromatic nitrogens is 2. The highest BCUT2D eigenvalue weighted by Crippen LogP contribution is 2.26. The maximum Gasteiger partial charge on any atom is 0.233 e. The number of amides is 1. The van der Waals surface area contributed by atoms with Gasteiger partial charge in [-0.25, -0.2) is 4.98 Å². The molecule has 1 atom stereocenters. The minimum absolute atomic E-state index is 0.000535. The summed E-state index contributed by atoms with van der Waals surface area (Å²) in [5.41, 5.74) is 8.25. The van der Waals surface area contributed by atoms with Gasteiger partial charge < -0.3 is 0 Å². The monoisotopic (exact) mass is 330 g/mol. The second kappa shape index (κ2) is 5.51. The first-order chi connectivity index (χ1) is 8.61. The molecule has 2 rings (SSSR count). The van der Waals surface area contributed by atoms with E-state index in [0.29, 0.717) is 24.0 Å². The smallest absolute Gasteiger partial charge is 0.233 e. The van der Waals surface area contributed by atoms with Crippen molar-refractivity contribution >= 4 is 39.4 Å². The molecule has 18 heavy (non-hydrogen) atoms. The molecule has 0 saturated carbocycles. The zero-order valence-electron chi connectivity index (χ0n) is 9.12. The van der Waals surface area contributed by atoms with Gasteiger partial charge in [0, 0.05) is 30.6 Å². The minimum atomic E-state index is -0.0912. The Morgan fingerprint density at radius 2 is 2.50 bits per heavy atom. The lowest BCUT2D eigenvalue weighted by molar-refractivity contribution is -0.117. The zero-order chi connectivity index (χ0) is 13.1. The van der Waals surface area contributed by atoms with Crippen LogP contribution in [-0.4, -0.2) is 29.0 Å². The normalized spacial score (nSPS) is 18.9. The number of azide groups is 1. The molecule has 0 bridgehead atoms. The van der Waals surface area contributed by atoms with Gasteiger partial charge in [0.05, 0.1) is 4.47 Å². The van der Waals surface area contributed by atoms with Gasteiger partial charge in [0.25, 0.3) is 0 Å². The molecule has 1 aliphatic heterocycles. The average Bonchev–Trinajstić information content (AvgIpc) is 2.71. The van der Waals surface area contributed by atoms with Crippen molar-refractivity contribution in [2.24, 2.45) is 11.0 Å². The van der Waals surface area contributed by atoms with Crippen LogP contribution in [-0.2, 0) is 4.79 Å². The molecule has 0 aromatic carbocycles. The van der Waals surface area contributed by atoms with Gasteiger partial charge in [-0.2, -0.15) is 4.98 Å². The molecule has 7 nitrogen and oxygen atoms in total. The van der Waals surface area contributed by atoms with Gasteiger partial charge in [0.15, 0.2) is 0 Å². The molecule has 94 valence electrons. The third-order valence-electron chi connectivity index (χ3n) is 2.54. The van der Waals surface area contributed by atoms with Gasteiger partial charge in [0.1, 0.15) is 5.15 Å². The zero-order valence-corrected chi connectivity index (χ0v) is 11.5. The van der Waals surface area contributed by atoms with E-state index in [1.807, 2.05) is 0 Å². The molecule has 1 aromatic rings. The third kappa shape index (κ3) is 2.72. The van der Waals surface area contributed by atoms with Crippen LogP contribution in [0.1, 0.15) is 6.42 Å². The maximum atomic E-state index is 11.8. The Hall–Kier alpha value is -1.37. The molecular formula is C9H8BrClN6O. The predicted molar refractivity (Wildman–Crippen MR) is 69.2 cm³/mol. The Labute approximate surface area is 116 Å². The second-order valence-corrected chi connectivity index (χ2v) is 5.01. The highest BCUT2D eigenvalue weighted by molar-refractivity contribution is 9.10. The lowest BCUT2D eigenvalue weighted by Crippen LogP contribution is -2.26. The number of rotatable bonds is 3. The van der Waals surface area contributed by atoms with E-state index in [1.165, 1.54) is 11.1 Å². The molecule has 1 aliphatic rings. The van der Waals surface area contributed by atoms with Crippen molar-refractivity contribution in [3.05, 3.63) is 26.3 Å². The number of halogens is 2. The highest BCUT2D eigenvalue weighted by atomic mass is 79.9. The number of carbonyl (C=O) groups excluding carboxylic acids is 1. The Bertz CT molecular complexity index is 532. The summed E-state index contributed by atoms with van der Waals surface area (Å²) in [7, 11) is 0. The highest BCUT2D eigenvalue weighted by Gasteiger charge is 2.31. The number of anilines is 1. The van der Waals surface area contributed by atoms with Crippen molar-refractivity contribution in [1.82, 2.24) is 9.97 Å². The molecule has 0 spiro atoms. The minimum Gasteiger partial charge on any atom is -0.280 e. The molecule has 1 fully saturated rings. The number of carbonyl (C=O) groups is 1. The Morgan fingerprint density at radius 3 is 3.17 bits per heavy atom. The van der Waals surface area contributed by atoms with Crippen molar-refractivity contribution in [2.45, 2.75) is 6.42 Å². The molecule has 2 heterocycles. The summed E-state index contributed by atoms with van der Waals surface area (Å²) in [6, 6.07) is 0. The van der Waals surface area contributed by atoms with Crippen LogP contribution in [0.5, 0.6) is 0 Å². The molecular weight excluding hydrogens is 323 g/mol. The number of hydrogen-bond donors (Lipinski definition) is 0. The quantitative estimate of drug-likeness (QED) is 0.368. The fraction of sp³-hybridized carbons (Fsp3) is 0.444. The third-order valence-corrected chi connectivity index (χ3v) is 3.63. The summed E-state index contributed by atoms with van der Waals surface area (Å²) >= 11 is 9.04. The molecule has 0 N–H and O–H groups in total. The Morgan fingerprint density at radius 1 is 1.72 bits per heavy atom. The molecule has 1 unspecified atom stereocenters. The Kier molecular flexibility index (Phi) is 4.00. The van der Waals surface area contributed by atoms with Crippen LogP contribution in [0.2, 0.25) is 5.15 Å². The molecule has 9 heteroatoms. The van der Waals surface area contributed by atoms with E-state index < -0.39 is 0 Å². The lowest BCUT2D eigenvalue weighted by atomic mass is 10.1. The van der Waals surface area contributed by atoms with E-state index in [4.69, 9.17) is 17.1 Å². The van der Waals surface area contributed by atoms with Crippen molar-refractivity contribution in [3.8, 4) is 0 Å². The lowest BCUT2D eigenvalue weighted by Gasteiger charge is -2.14. The first-order valence-corrected chi connectivity index (χ1v) is 6.28. The SMILES string of the molecule is [N-]=[N+]=NCC1CC(=O)N(c2ncc(Br)c(Cl)n2)C1. The van der Waals surface area contributed by atoms with E-state index in [9.17, 15) is 4.79 Å². The van der Waals surface area contributed by atoms with Crippen molar-refractivity contribution in [3.63, 3.8) is 0 Å². The topological polar surface area (TPSA) is 94.9 Å². The average molecular weight is 332 g/mol. The van der Waals surface area contributed by atoms with Crippen LogP contribution in [0, 0.1) is 5.92 Å². The van der Waals surface area contributed by atoms with Gasteiger partial charge in [-0.3, -0.25) is 9.69 Å². The number of hydrogen-bond acceptors (Lipinski definition) is 4. The second-order valence-electron chi connectivity index (χ2n) is 3.80. The summed E-state index contributed by atoms with van der Waals surface area (Å²) < 4.78 is 0.574. The fourth-order valence-corrected chi connectivity index (χ4v) is 2.03. The van der Waals surface area contributed by atoms with E-state index in [1.54, 1.807) is 0 Å². The van der Waals surface area contributed by atoms with E-state index in [0.717, 1.165) is 0 Å². The molecule has 0 radical (unpaired) electrons. The van der Waals surface area contributed by atoms with Crippen molar-refractivity contribution in [1.29, 1.82) is 0 Å². The molecule has 1 amide bonds. The van der Waals surface area contributed by atoms with Gasteiger partial charge in [0.2, 0.25) is 11.9 Å². The maximum absolute atomic E-state index is 11.8. The van der Waals surface area contributed by atoms with Crippen LogP contribution >= 0.6 is 27.5 Å². The first kappa shape index (κ1) is 13.1. The van der Waals surface area contributed by atoms with Crippen molar-refractivity contribution < 1.29 is 4.79 Å². The summed E-state index contributed by atoms with van der Waals surface area (Å²) in [5, 5.41) is 3.73. The van der Waals surface area contributed by atoms with Gasteiger partial charge in [-0.1, -0.05) is 16.7 Å². The fourth-order valence-electron chi connectivity index (χ4n) is 1.72. The summed E-state index contributed by atoms with van der Waals surface area (Å²) in [4.78, 5) is 24.0. The summed E-state index contributed by atoms with van der Waals surface area (Å²) in [6.07, 6.45) is 1.83. The van der Waals surface area contributed by atoms with Crippen molar-refractivity contribution in [2.75, 3.05) is 18.0 Å². The van der Waals surface area contributed by atoms with Crippen LogP contribution in [0.3, 0.4) is 0 Å². The van der Waals surface area contributed by atoms with Crippen LogP contribution in [0.25, 0.3) is 10.4 Å². The van der Waals surface area contributed by atoms with Crippen LogP contribution < -0.4 is 4.90 Å². The summed E-state index contributed by atoms with van der Waals surface area (Å²) in [5.74, 6) is 0.183.